The minimum Gasteiger partial charge on any atom is -0.469 e. The number of aromatic nitrogens is 2. The molecular formula is C21H25ClN4O3. The Kier molecular flexibility index (Phi) is 5.89. The van der Waals surface area contributed by atoms with E-state index in [2.05, 4.69) is 10.3 Å². The van der Waals surface area contributed by atoms with Gasteiger partial charge in [-0.2, -0.15) is 0 Å². The highest BCUT2D eigenvalue weighted by Gasteiger charge is 2.30. The molecular weight excluding hydrogens is 392 g/mol. The van der Waals surface area contributed by atoms with Crippen molar-refractivity contribution in [3.63, 3.8) is 0 Å². The van der Waals surface area contributed by atoms with Gasteiger partial charge in [-0.25, -0.2) is 4.98 Å². The highest BCUT2D eigenvalue weighted by molar-refractivity contribution is 6.30. The van der Waals surface area contributed by atoms with Gasteiger partial charge in [0, 0.05) is 38.8 Å². The molecule has 4 rings (SSSR count). The normalized spacial score (nSPS) is 19.8. The van der Waals surface area contributed by atoms with Crippen LogP contribution >= 0.6 is 11.6 Å². The monoisotopic (exact) mass is 416 g/mol. The largest absolute Gasteiger partial charge is 0.469 e. The molecule has 8 heteroatoms. The van der Waals surface area contributed by atoms with E-state index >= 15 is 0 Å². The Balaban J connectivity index is 1.57. The number of furan rings is 1. The Hall–Kier alpha value is -2.35. The highest BCUT2D eigenvalue weighted by Crippen LogP contribution is 2.20. The van der Waals surface area contributed by atoms with Crippen LogP contribution in [-0.4, -0.2) is 52.0 Å². The average molecular weight is 417 g/mol. The van der Waals surface area contributed by atoms with Gasteiger partial charge in [0.05, 0.1) is 29.2 Å². The number of morpholine rings is 1. The smallest absolute Gasteiger partial charge is 0.274 e. The summed E-state index contributed by atoms with van der Waals surface area (Å²) < 4.78 is 13.0. The maximum Gasteiger partial charge on any atom is 0.274 e. The van der Waals surface area contributed by atoms with Crippen LogP contribution in [0.3, 0.4) is 0 Å². The van der Waals surface area contributed by atoms with Gasteiger partial charge >= 0.3 is 0 Å². The molecule has 0 saturated carbocycles. The van der Waals surface area contributed by atoms with Crippen LogP contribution in [0, 0.1) is 0 Å². The third kappa shape index (κ3) is 4.47. The van der Waals surface area contributed by atoms with Crippen molar-refractivity contribution in [2.75, 3.05) is 19.6 Å². The summed E-state index contributed by atoms with van der Waals surface area (Å²) >= 11 is 6.20. The molecule has 29 heavy (non-hydrogen) atoms. The number of imidazole rings is 1. The number of carbonyl (C=O) groups excluding carboxylic acids is 1. The van der Waals surface area contributed by atoms with Crippen molar-refractivity contribution in [2.45, 2.75) is 39.0 Å². The van der Waals surface area contributed by atoms with E-state index in [0.717, 1.165) is 24.4 Å². The lowest BCUT2D eigenvalue weighted by atomic mass is 10.2. The molecule has 1 fully saturated rings. The second-order valence-electron chi connectivity index (χ2n) is 7.46. The Bertz CT molecular complexity index is 975. The van der Waals surface area contributed by atoms with Crippen molar-refractivity contribution in [2.24, 2.45) is 0 Å². The summed E-state index contributed by atoms with van der Waals surface area (Å²) in [6, 6.07) is 7.44. The predicted molar refractivity (Wildman–Crippen MR) is 110 cm³/mol. The van der Waals surface area contributed by atoms with Crippen LogP contribution in [0.25, 0.3) is 5.65 Å². The van der Waals surface area contributed by atoms with Crippen LogP contribution < -0.4 is 5.32 Å². The van der Waals surface area contributed by atoms with Crippen LogP contribution in [0.4, 0.5) is 0 Å². The van der Waals surface area contributed by atoms with E-state index in [-0.39, 0.29) is 18.1 Å². The summed E-state index contributed by atoms with van der Waals surface area (Å²) in [5, 5.41) is 3.99. The molecule has 1 aliphatic heterocycles. The maximum absolute atomic E-state index is 13.3. The van der Waals surface area contributed by atoms with E-state index in [1.807, 2.05) is 41.3 Å². The fourth-order valence-corrected chi connectivity index (χ4v) is 3.93. The van der Waals surface area contributed by atoms with Crippen molar-refractivity contribution in [3.8, 4) is 0 Å². The van der Waals surface area contributed by atoms with Gasteiger partial charge in [0.1, 0.15) is 11.4 Å². The van der Waals surface area contributed by atoms with Gasteiger partial charge < -0.3 is 23.8 Å². The summed E-state index contributed by atoms with van der Waals surface area (Å²) in [6.45, 7) is 6.30. The first kappa shape index (κ1) is 19.9. The predicted octanol–water partition coefficient (Wildman–Crippen LogP) is 3.16. The van der Waals surface area contributed by atoms with Gasteiger partial charge in [0.15, 0.2) is 5.69 Å². The molecule has 0 radical (unpaired) electrons. The Labute approximate surface area is 174 Å². The van der Waals surface area contributed by atoms with E-state index in [0.29, 0.717) is 36.0 Å². The number of hydrogen-bond donors (Lipinski definition) is 1. The number of rotatable bonds is 6. The van der Waals surface area contributed by atoms with Gasteiger partial charge in [-0.1, -0.05) is 11.6 Å². The molecule has 3 aromatic rings. The van der Waals surface area contributed by atoms with Crippen LogP contribution in [0.1, 0.15) is 35.8 Å². The molecule has 2 atom stereocenters. The molecule has 0 spiro atoms. The number of carbonyl (C=O) groups is 1. The highest BCUT2D eigenvalue weighted by atomic mass is 35.5. The minimum atomic E-state index is -0.0744. The third-order valence-corrected chi connectivity index (χ3v) is 5.24. The fraction of sp³-hybridized carbons (Fsp3) is 0.429. The maximum atomic E-state index is 13.3. The van der Waals surface area contributed by atoms with E-state index in [4.69, 9.17) is 20.8 Å². The molecule has 4 heterocycles. The first-order chi connectivity index (χ1) is 14.0. The number of hydrogen-bond acceptors (Lipinski definition) is 5. The Morgan fingerprint density at radius 3 is 2.79 bits per heavy atom. The zero-order valence-electron chi connectivity index (χ0n) is 16.6. The van der Waals surface area contributed by atoms with Gasteiger partial charge in [-0.3, -0.25) is 4.79 Å². The Morgan fingerprint density at radius 2 is 2.07 bits per heavy atom. The van der Waals surface area contributed by atoms with Gasteiger partial charge in [0.2, 0.25) is 0 Å². The van der Waals surface area contributed by atoms with E-state index in [9.17, 15) is 4.79 Å². The molecule has 0 aliphatic carbocycles. The summed E-state index contributed by atoms with van der Waals surface area (Å²) in [6.07, 6.45) is 4.25. The van der Waals surface area contributed by atoms with E-state index in [1.54, 1.807) is 18.5 Å². The minimum absolute atomic E-state index is 0.00375. The summed E-state index contributed by atoms with van der Waals surface area (Å²) in [5.41, 5.74) is 1.97. The average Bonchev–Trinajstić information content (AvgIpc) is 3.31. The molecule has 0 aromatic carbocycles. The van der Waals surface area contributed by atoms with Crippen LogP contribution in [0.5, 0.6) is 0 Å². The second-order valence-corrected chi connectivity index (χ2v) is 7.89. The fourth-order valence-electron chi connectivity index (χ4n) is 3.77. The van der Waals surface area contributed by atoms with Crippen molar-refractivity contribution in [1.82, 2.24) is 19.6 Å². The van der Waals surface area contributed by atoms with Crippen molar-refractivity contribution >= 4 is 23.2 Å². The molecule has 1 amide bonds. The van der Waals surface area contributed by atoms with Crippen LogP contribution in [0.15, 0.2) is 41.1 Å². The van der Waals surface area contributed by atoms with Crippen LogP contribution in [-0.2, 0) is 17.7 Å². The topological polar surface area (TPSA) is 72.0 Å². The van der Waals surface area contributed by atoms with Gasteiger partial charge in [0.25, 0.3) is 5.91 Å². The molecule has 1 saturated heterocycles. The van der Waals surface area contributed by atoms with Crippen molar-refractivity contribution in [3.05, 3.63) is 58.9 Å². The quantitative estimate of drug-likeness (QED) is 0.625. The molecule has 7 nitrogen and oxygen atoms in total. The molecule has 3 aromatic heterocycles. The standard InChI is InChI=1S/C21H25ClN4O3/c1-14-11-25(12-15(2)29-14)21(27)20-18(10-23-8-7-17-4-3-9-28-17)26-13-16(22)5-6-19(26)24-20/h3-6,9,13-15,23H,7-8,10-12H2,1-2H3/t14-,15+. The zero-order valence-corrected chi connectivity index (χ0v) is 17.4. The number of pyridine rings is 1. The van der Waals surface area contributed by atoms with Crippen molar-refractivity contribution < 1.29 is 13.9 Å². The lowest BCUT2D eigenvalue weighted by Gasteiger charge is -2.35. The first-order valence-corrected chi connectivity index (χ1v) is 10.2. The number of nitrogens with one attached hydrogen (secondary N) is 1. The molecule has 154 valence electrons. The molecule has 1 N–H and O–H groups in total. The number of ether oxygens (including phenoxy) is 1. The third-order valence-electron chi connectivity index (χ3n) is 5.01. The van der Waals surface area contributed by atoms with Crippen LogP contribution in [0.2, 0.25) is 5.02 Å². The lowest BCUT2D eigenvalue weighted by molar-refractivity contribution is -0.0587. The number of fused-ring (bicyclic) bond motifs is 1. The first-order valence-electron chi connectivity index (χ1n) is 9.85. The Morgan fingerprint density at radius 1 is 1.28 bits per heavy atom. The van der Waals surface area contributed by atoms with Crippen molar-refractivity contribution in [1.29, 1.82) is 0 Å². The molecule has 0 unspecified atom stereocenters. The SMILES string of the molecule is C[C@@H]1CN(C(=O)c2nc3ccc(Cl)cn3c2CNCCc2ccco2)C[C@H](C)O1. The van der Waals surface area contributed by atoms with E-state index < -0.39 is 0 Å². The molecule has 1 aliphatic rings. The van der Waals surface area contributed by atoms with Gasteiger partial charge in [-0.05, 0) is 38.1 Å². The number of halogens is 1. The zero-order chi connectivity index (χ0) is 20.4. The summed E-state index contributed by atoms with van der Waals surface area (Å²) in [4.78, 5) is 19.8. The molecule has 0 bridgehead atoms. The summed E-state index contributed by atoms with van der Waals surface area (Å²) in [5.74, 6) is 0.848. The number of nitrogens with zero attached hydrogens (tertiary/aromatic N) is 3. The van der Waals surface area contributed by atoms with Gasteiger partial charge in [-0.15, -0.1) is 0 Å². The number of amides is 1. The summed E-state index contributed by atoms with van der Waals surface area (Å²) in [7, 11) is 0. The second kappa shape index (κ2) is 8.57. The van der Waals surface area contributed by atoms with E-state index in [1.165, 1.54) is 0 Å². The lowest BCUT2D eigenvalue weighted by Crippen LogP contribution is -2.48.